The van der Waals surface area contributed by atoms with Crippen LogP contribution in [0.25, 0.3) is 0 Å². The van der Waals surface area contributed by atoms with Crippen LogP contribution >= 0.6 is 7.37 Å². The Kier molecular flexibility index (Phi) is 3.26. The zero-order valence-electron chi connectivity index (χ0n) is 13.0. The summed E-state index contributed by atoms with van der Waals surface area (Å²) < 4.78 is 37.4. The zero-order chi connectivity index (χ0) is 16.3. The highest BCUT2D eigenvalue weighted by Crippen LogP contribution is 2.71. The van der Waals surface area contributed by atoms with Crippen LogP contribution in [0.3, 0.4) is 0 Å². The summed E-state index contributed by atoms with van der Waals surface area (Å²) >= 11 is 0. The lowest BCUT2D eigenvalue weighted by atomic mass is 9.94. The smallest absolute Gasteiger partial charge is 0.244 e. The maximum atomic E-state index is 13.9. The van der Waals surface area contributed by atoms with Gasteiger partial charge < -0.3 is 18.7 Å². The molecular formula is C16H18NO5P. The third-order valence-corrected chi connectivity index (χ3v) is 8.11. The molecule has 4 rings (SSSR count). The van der Waals surface area contributed by atoms with E-state index in [0.29, 0.717) is 5.30 Å². The first kappa shape index (κ1) is 15.3. The van der Waals surface area contributed by atoms with E-state index in [1.807, 2.05) is 18.2 Å². The summed E-state index contributed by atoms with van der Waals surface area (Å²) in [5.41, 5.74) is 0. The molecule has 6 nitrogen and oxygen atoms in total. The summed E-state index contributed by atoms with van der Waals surface area (Å²) in [5.74, 6) is -0.840. The van der Waals surface area contributed by atoms with E-state index in [0.717, 1.165) is 0 Å². The van der Waals surface area contributed by atoms with E-state index in [4.69, 9.17) is 18.7 Å². The molecule has 0 saturated carbocycles. The molecule has 7 heteroatoms. The van der Waals surface area contributed by atoms with Gasteiger partial charge in [0.05, 0.1) is 19.1 Å². The molecule has 0 spiro atoms. The Hall–Kier alpha value is -1.22. The van der Waals surface area contributed by atoms with Gasteiger partial charge in [-0.3, -0.25) is 4.57 Å². The van der Waals surface area contributed by atoms with Crippen molar-refractivity contribution in [2.75, 3.05) is 6.61 Å². The summed E-state index contributed by atoms with van der Waals surface area (Å²) in [6.07, 6.45) is -1.65. The lowest BCUT2D eigenvalue weighted by Crippen LogP contribution is -2.47. The van der Waals surface area contributed by atoms with Crippen molar-refractivity contribution in [3.63, 3.8) is 0 Å². The van der Waals surface area contributed by atoms with Gasteiger partial charge in [0, 0.05) is 5.30 Å². The van der Waals surface area contributed by atoms with Crippen molar-refractivity contribution in [2.24, 2.45) is 0 Å². The molecular weight excluding hydrogens is 317 g/mol. The Morgan fingerprint density at radius 1 is 1.30 bits per heavy atom. The second-order valence-electron chi connectivity index (χ2n) is 6.56. The van der Waals surface area contributed by atoms with Crippen LogP contribution in [-0.2, 0) is 23.3 Å². The number of ether oxygens (including phenoxy) is 3. The molecule has 0 amide bonds. The van der Waals surface area contributed by atoms with E-state index < -0.39 is 36.8 Å². The first-order valence-corrected chi connectivity index (χ1v) is 9.24. The number of nitrogens with zero attached hydrogens (tertiary/aromatic N) is 1. The van der Waals surface area contributed by atoms with Crippen molar-refractivity contribution in [3.05, 3.63) is 30.3 Å². The van der Waals surface area contributed by atoms with Gasteiger partial charge in [-0.1, -0.05) is 18.2 Å². The monoisotopic (exact) mass is 335 g/mol. The maximum absolute atomic E-state index is 13.9. The van der Waals surface area contributed by atoms with Gasteiger partial charge in [0.2, 0.25) is 7.37 Å². The molecule has 0 aliphatic carbocycles. The Morgan fingerprint density at radius 2 is 2.04 bits per heavy atom. The highest BCUT2D eigenvalue weighted by Gasteiger charge is 2.74. The Balaban J connectivity index is 1.86. The van der Waals surface area contributed by atoms with Crippen molar-refractivity contribution >= 4 is 12.7 Å². The van der Waals surface area contributed by atoms with E-state index in [9.17, 15) is 9.83 Å². The molecule has 3 aliphatic heterocycles. The number of hydrogen-bond donors (Lipinski definition) is 0. The SMILES string of the molecule is CC1(C)OC2OC3COP(=O)(c4ccccc4)C3(CC#N)C2O1. The van der Waals surface area contributed by atoms with Crippen LogP contribution < -0.4 is 5.30 Å². The molecule has 3 heterocycles. The van der Waals surface area contributed by atoms with Crippen LogP contribution in [0, 0.1) is 11.3 Å². The number of rotatable bonds is 2. The second kappa shape index (κ2) is 4.89. The molecule has 0 radical (unpaired) electrons. The molecule has 3 saturated heterocycles. The highest BCUT2D eigenvalue weighted by molar-refractivity contribution is 7.69. The molecule has 1 aromatic carbocycles. The lowest BCUT2D eigenvalue weighted by Gasteiger charge is -2.34. The van der Waals surface area contributed by atoms with Gasteiger partial charge >= 0.3 is 0 Å². The van der Waals surface area contributed by atoms with Crippen molar-refractivity contribution in [2.45, 2.75) is 49.7 Å². The molecule has 0 bridgehead atoms. The largest absolute Gasteiger partial charge is 0.343 e. The van der Waals surface area contributed by atoms with Crippen molar-refractivity contribution < 1.29 is 23.3 Å². The zero-order valence-corrected chi connectivity index (χ0v) is 13.9. The standard InChI is InChI=1S/C16H18NO5P/c1-15(2)21-13-14(22-15)20-12-10-19-23(18,16(12,13)8-9-17)11-6-4-3-5-7-11/h3-7,12-14H,8,10H2,1-2H3. The van der Waals surface area contributed by atoms with Gasteiger partial charge in [0.25, 0.3) is 0 Å². The fraction of sp³-hybridized carbons (Fsp3) is 0.562. The normalized spacial score (nSPS) is 43.8. The van der Waals surface area contributed by atoms with E-state index >= 15 is 0 Å². The fourth-order valence-electron chi connectivity index (χ4n) is 3.85. The van der Waals surface area contributed by atoms with Gasteiger partial charge in [0.1, 0.15) is 17.4 Å². The minimum Gasteiger partial charge on any atom is -0.343 e. The molecule has 1 aromatic rings. The maximum Gasteiger partial charge on any atom is 0.244 e. The van der Waals surface area contributed by atoms with Gasteiger partial charge in [-0.15, -0.1) is 0 Å². The van der Waals surface area contributed by atoms with Gasteiger partial charge in [0.15, 0.2) is 12.1 Å². The Bertz CT molecular complexity index is 715. The highest BCUT2D eigenvalue weighted by atomic mass is 31.2. The molecule has 5 atom stereocenters. The average Bonchev–Trinajstić information content (AvgIpc) is 3.07. The third kappa shape index (κ3) is 1.92. The minimum absolute atomic E-state index is 0.0322. The third-order valence-electron chi connectivity index (χ3n) is 4.82. The quantitative estimate of drug-likeness (QED) is 0.771. The average molecular weight is 335 g/mol. The van der Waals surface area contributed by atoms with Crippen LogP contribution in [0.5, 0.6) is 0 Å². The summed E-state index contributed by atoms with van der Waals surface area (Å²) in [6, 6.07) is 11.2. The summed E-state index contributed by atoms with van der Waals surface area (Å²) in [6.45, 7) is 3.74. The van der Waals surface area contributed by atoms with Gasteiger partial charge in [-0.05, 0) is 26.0 Å². The fourth-order valence-corrected chi connectivity index (χ4v) is 6.93. The second-order valence-corrected chi connectivity index (χ2v) is 9.27. The number of benzene rings is 1. The molecule has 3 aliphatic rings. The molecule has 23 heavy (non-hydrogen) atoms. The van der Waals surface area contributed by atoms with Crippen LogP contribution in [0.15, 0.2) is 30.3 Å². The van der Waals surface area contributed by atoms with Crippen LogP contribution in [0.2, 0.25) is 0 Å². The Morgan fingerprint density at radius 3 is 2.74 bits per heavy atom. The Labute approximate surface area is 134 Å². The molecule has 5 unspecified atom stereocenters. The minimum atomic E-state index is -3.35. The number of nitriles is 1. The number of hydrogen-bond acceptors (Lipinski definition) is 6. The molecule has 3 fully saturated rings. The first-order chi connectivity index (χ1) is 10.9. The van der Waals surface area contributed by atoms with Crippen LogP contribution in [-0.4, -0.2) is 36.0 Å². The van der Waals surface area contributed by atoms with E-state index in [1.165, 1.54) is 0 Å². The molecule has 122 valence electrons. The van der Waals surface area contributed by atoms with Gasteiger partial charge in [-0.25, -0.2) is 0 Å². The van der Waals surface area contributed by atoms with Crippen LogP contribution in [0.4, 0.5) is 0 Å². The summed E-state index contributed by atoms with van der Waals surface area (Å²) in [4.78, 5) is 0. The molecule has 0 N–H and O–H groups in total. The van der Waals surface area contributed by atoms with E-state index in [-0.39, 0.29) is 13.0 Å². The van der Waals surface area contributed by atoms with Crippen LogP contribution in [0.1, 0.15) is 20.3 Å². The predicted octanol–water partition coefficient (Wildman–Crippen LogP) is 2.15. The van der Waals surface area contributed by atoms with Gasteiger partial charge in [-0.2, -0.15) is 5.26 Å². The van der Waals surface area contributed by atoms with Crippen molar-refractivity contribution in [1.82, 2.24) is 0 Å². The molecule has 0 aromatic heterocycles. The summed E-state index contributed by atoms with van der Waals surface area (Å²) in [7, 11) is -3.35. The van der Waals surface area contributed by atoms with Crippen molar-refractivity contribution in [1.29, 1.82) is 5.26 Å². The summed E-state index contributed by atoms with van der Waals surface area (Å²) in [5, 5.41) is 8.99. The van der Waals surface area contributed by atoms with E-state index in [1.54, 1.807) is 26.0 Å². The first-order valence-electron chi connectivity index (χ1n) is 7.61. The lowest BCUT2D eigenvalue weighted by molar-refractivity contribution is -0.207. The number of fused-ring (bicyclic) bond motifs is 3. The predicted molar refractivity (Wildman–Crippen MR) is 81.3 cm³/mol. The topological polar surface area (TPSA) is 77.8 Å². The van der Waals surface area contributed by atoms with Crippen molar-refractivity contribution in [3.8, 4) is 6.07 Å². The van der Waals surface area contributed by atoms with E-state index in [2.05, 4.69) is 6.07 Å².